The van der Waals surface area contributed by atoms with E-state index in [0.717, 1.165) is 0 Å². The van der Waals surface area contributed by atoms with Gasteiger partial charge in [-0.1, -0.05) is 13.8 Å². The van der Waals surface area contributed by atoms with Crippen molar-refractivity contribution in [1.29, 1.82) is 0 Å². The molecule has 1 nitrogen and oxygen atoms in total. The zero-order chi connectivity index (χ0) is 11.3. The SMILES string of the molecule is CC.CN([At])c1cccc2ccccc12. The van der Waals surface area contributed by atoms with E-state index < -0.39 is 0 Å². The summed E-state index contributed by atoms with van der Waals surface area (Å²) in [5, 5.41) is 2.64. The average molecular weight is 396 g/mol. The van der Waals surface area contributed by atoms with Crippen LogP contribution in [0.25, 0.3) is 10.8 Å². The molecule has 0 radical (unpaired) electrons. The van der Waals surface area contributed by atoms with Crippen molar-refractivity contribution in [2.45, 2.75) is 13.8 Å². The molecule has 0 saturated heterocycles. The van der Waals surface area contributed by atoms with Gasteiger partial charge in [0.15, 0.2) is 0 Å². The van der Waals surface area contributed by atoms with Crippen LogP contribution in [0.3, 0.4) is 0 Å². The maximum absolute atomic E-state index is 2.20. The molecule has 0 unspecified atom stereocenters. The molecule has 2 heteroatoms. The Bertz CT molecular complexity index is 418. The van der Waals surface area contributed by atoms with E-state index >= 15 is 0 Å². The molecule has 0 N–H and O–H groups in total. The molecule has 2 rings (SSSR count). The van der Waals surface area contributed by atoms with Crippen molar-refractivity contribution >= 4 is 16.5 Å². The zero-order valence-corrected chi connectivity index (χ0v) is 12.3. The standard InChI is InChI=1S/C11H10AtN.C2H6/c1-13(12)11-8-4-6-9-5-2-3-7-10(9)11;1-2/h2-8H,1H3;1-2H3. The van der Waals surface area contributed by atoms with Crippen LogP contribution in [0.2, 0.25) is 0 Å². The minimum absolute atomic E-state index is 1.30. The van der Waals surface area contributed by atoms with Crippen LogP contribution < -0.4 is 2.84 Å². The van der Waals surface area contributed by atoms with Gasteiger partial charge < -0.3 is 0 Å². The van der Waals surface area contributed by atoms with E-state index in [9.17, 15) is 0 Å². The first-order valence-corrected chi connectivity index (χ1v) is 6.48. The zero-order valence-electron chi connectivity index (χ0n) is 9.37. The monoisotopic (exact) mass is 396 g/mol. The van der Waals surface area contributed by atoms with Crippen LogP contribution in [0, 0.1) is 25.0 Å². The molecule has 0 amide bonds. The summed E-state index contributed by atoms with van der Waals surface area (Å²) >= 11 is 1.67. The van der Waals surface area contributed by atoms with Gasteiger partial charge in [0.25, 0.3) is 0 Å². The summed E-state index contributed by atoms with van der Waals surface area (Å²) in [5.41, 5.74) is 1.30. The number of rotatable bonds is 1. The molecule has 2 aromatic rings. The van der Waals surface area contributed by atoms with Gasteiger partial charge in [-0.3, -0.25) is 0 Å². The molecule has 2 aromatic carbocycles. The molecule has 0 aromatic heterocycles. The van der Waals surface area contributed by atoms with Crippen LogP contribution in [0.1, 0.15) is 13.8 Å². The van der Waals surface area contributed by atoms with Crippen molar-refractivity contribution in [1.82, 2.24) is 0 Å². The van der Waals surface area contributed by atoms with Crippen LogP contribution in [0.5, 0.6) is 0 Å². The summed E-state index contributed by atoms with van der Waals surface area (Å²) < 4.78 is 2.20. The number of hydrogen-bond donors (Lipinski definition) is 0. The molecule has 0 bridgehead atoms. The van der Waals surface area contributed by atoms with Crippen molar-refractivity contribution in [2.75, 3.05) is 9.89 Å². The second-order valence-corrected chi connectivity index (χ2v) is 4.95. The fourth-order valence-corrected chi connectivity index (χ4v) is 2.05. The van der Waals surface area contributed by atoms with E-state index in [0.29, 0.717) is 0 Å². The number of hydrogen-bond acceptors (Lipinski definition) is 1. The topological polar surface area (TPSA) is 3.24 Å². The van der Waals surface area contributed by atoms with Gasteiger partial charge in [-0.05, 0) is 0 Å². The summed E-state index contributed by atoms with van der Waals surface area (Å²) in [5.74, 6) is 0. The fourth-order valence-electron chi connectivity index (χ4n) is 1.48. The fraction of sp³-hybridized carbons (Fsp3) is 0.231. The van der Waals surface area contributed by atoms with Gasteiger partial charge in [0.2, 0.25) is 0 Å². The normalized spacial score (nSPS) is 9.33. The van der Waals surface area contributed by atoms with Crippen molar-refractivity contribution in [3.05, 3.63) is 42.5 Å². The third kappa shape index (κ3) is 2.92. The van der Waals surface area contributed by atoms with Crippen LogP contribution in [0.4, 0.5) is 5.69 Å². The predicted molar refractivity (Wildman–Crippen MR) is 63.7 cm³/mol. The van der Waals surface area contributed by atoms with Gasteiger partial charge in [-0.25, -0.2) is 0 Å². The Balaban J connectivity index is 0.000000531. The molecule has 0 atom stereocenters. The molecule has 0 aliphatic heterocycles. The van der Waals surface area contributed by atoms with E-state index in [1.807, 2.05) is 13.8 Å². The first-order chi connectivity index (χ1) is 7.29. The average Bonchev–Trinajstić information content (AvgIpc) is 2.31. The number of benzene rings is 2. The summed E-state index contributed by atoms with van der Waals surface area (Å²) in [6.07, 6.45) is 0. The molecule has 15 heavy (non-hydrogen) atoms. The van der Waals surface area contributed by atoms with Gasteiger partial charge in [0.1, 0.15) is 0 Å². The molecular weight excluding hydrogens is 380 g/mol. The van der Waals surface area contributed by atoms with Crippen LogP contribution in [-0.2, 0) is 0 Å². The van der Waals surface area contributed by atoms with Gasteiger partial charge in [-0.15, -0.1) is 0 Å². The first kappa shape index (κ1) is 12.5. The van der Waals surface area contributed by atoms with Gasteiger partial charge in [0, 0.05) is 0 Å². The quantitative estimate of drug-likeness (QED) is 0.710. The maximum atomic E-state index is 2.20. The molecule has 0 spiro atoms. The van der Waals surface area contributed by atoms with E-state index in [4.69, 9.17) is 0 Å². The number of nitrogens with zero attached hydrogens (tertiary/aromatic N) is 1. The van der Waals surface area contributed by atoms with Crippen LogP contribution >= 0.6 is 0 Å². The Morgan fingerprint density at radius 1 is 0.933 bits per heavy atom. The molecule has 0 aliphatic rings. The number of anilines is 1. The summed E-state index contributed by atoms with van der Waals surface area (Å²) in [6, 6.07) is 14.9. The Hall–Kier alpha value is -0.617. The summed E-state index contributed by atoms with van der Waals surface area (Å²) in [7, 11) is 2.10. The molecule has 0 fully saturated rings. The van der Waals surface area contributed by atoms with Gasteiger partial charge >= 0.3 is 93.8 Å². The third-order valence-corrected chi connectivity index (χ3v) is 2.81. The second-order valence-electron chi connectivity index (χ2n) is 2.98. The van der Waals surface area contributed by atoms with Gasteiger partial charge in [0.05, 0.1) is 0 Å². The molecule has 0 saturated carbocycles. The Morgan fingerprint density at radius 3 is 2.20 bits per heavy atom. The van der Waals surface area contributed by atoms with Crippen molar-refractivity contribution in [2.24, 2.45) is 0 Å². The summed E-state index contributed by atoms with van der Waals surface area (Å²) in [6.45, 7) is 4.00. The number of fused-ring (bicyclic) bond motifs is 1. The van der Waals surface area contributed by atoms with Crippen LogP contribution in [-0.4, -0.2) is 7.05 Å². The molecule has 80 valence electrons. The van der Waals surface area contributed by atoms with E-state index in [1.54, 1.807) is 25.0 Å². The molecule has 0 heterocycles. The second kappa shape index (κ2) is 6.07. The Labute approximate surface area is 107 Å². The third-order valence-electron chi connectivity index (χ3n) is 2.10. The predicted octanol–water partition coefficient (Wildman–Crippen LogP) is 3.77. The van der Waals surface area contributed by atoms with Crippen molar-refractivity contribution in [3.8, 4) is 0 Å². The van der Waals surface area contributed by atoms with Crippen LogP contribution in [0.15, 0.2) is 42.5 Å². The first-order valence-electron chi connectivity index (χ1n) is 5.16. The molecular formula is C13H16AtN. The Kier molecular flexibility index (Phi) is 5.04. The van der Waals surface area contributed by atoms with E-state index in [2.05, 4.69) is 52.4 Å². The summed E-state index contributed by atoms with van der Waals surface area (Å²) in [4.78, 5) is 0. The van der Waals surface area contributed by atoms with Crippen molar-refractivity contribution < 1.29 is 25.0 Å². The molecule has 0 aliphatic carbocycles. The van der Waals surface area contributed by atoms with Crippen molar-refractivity contribution in [3.63, 3.8) is 0 Å². The van der Waals surface area contributed by atoms with Gasteiger partial charge in [-0.2, -0.15) is 0 Å². The Morgan fingerprint density at radius 2 is 1.53 bits per heavy atom. The van der Waals surface area contributed by atoms with E-state index in [1.165, 1.54) is 16.5 Å². The minimum atomic E-state index is 1.30. The van der Waals surface area contributed by atoms with E-state index in [-0.39, 0.29) is 0 Å².